The van der Waals surface area contributed by atoms with E-state index in [4.69, 9.17) is 26.8 Å². The van der Waals surface area contributed by atoms with Gasteiger partial charge in [0.05, 0.1) is 18.2 Å². The molecule has 7 heteroatoms. The third-order valence-electron chi connectivity index (χ3n) is 6.69. The van der Waals surface area contributed by atoms with Crippen LogP contribution in [0.5, 0.6) is 11.5 Å². The first-order chi connectivity index (χ1) is 15.0. The zero-order chi connectivity index (χ0) is 21.5. The van der Waals surface area contributed by atoms with E-state index in [-0.39, 0.29) is 24.1 Å². The van der Waals surface area contributed by atoms with Crippen LogP contribution in [0.1, 0.15) is 42.1 Å². The number of rotatable bonds is 4. The number of halogens is 1. The van der Waals surface area contributed by atoms with E-state index in [2.05, 4.69) is 16.3 Å². The molecule has 1 amide bonds. The normalized spacial score (nSPS) is 25.5. The number of ether oxygens (including phenoxy) is 2. The molecule has 6 nitrogen and oxygen atoms in total. The van der Waals surface area contributed by atoms with Crippen molar-refractivity contribution in [3.05, 3.63) is 52.0 Å². The highest BCUT2D eigenvalue weighted by molar-refractivity contribution is 6.32. The molecule has 1 fully saturated rings. The van der Waals surface area contributed by atoms with Gasteiger partial charge in [-0.05, 0) is 73.7 Å². The number of hydrogen-bond acceptors (Lipinski definition) is 5. The highest BCUT2D eigenvalue weighted by Gasteiger charge is 2.40. The van der Waals surface area contributed by atoms with Gasteiger partial charge in [0.2, 0.25) is 5.91 Å². The standard InChI is InChI=1S/C24H28ClN3O3/c1-30-22-12-18-15(10-19(22)25)11-21(28-8-2-3-16(26)13-28)24(18)31-17-5-6-20-14(9-17)4-7-23(29)27-20/h5-6,9-10,12,16,21,24H,2-4,7-8,11,13,26H2,1H3,(H,27,29)/t16-,21+,24-/m1/s1. The summed E-state index contributed by atoms with van der Waals surface area (Å²) < 4.78 is 12.1. The first-order valence-electron chi connectivity index (χ1n) is 11.0. The average Bonchev–Trinajstić information content (AvgIpc) is 3.10. The molecule has 1 aliphatic carbocycles. The predicted octanol–water partition coefficient (Wildman–Crippen LogP) is 3.70. The SMILES string of the molecule is COc1cc2c(cc1Cl)C[C@H](N1CCC[C@@H](N)C1)[C@@H]2Oc1ccc2c(c1)CCC(=O)N2. The van der Waals surface area contributed by atoms with E-state index in [1.54, 1.807) is 7.11 Å². The van der Waals surface area contributed by atoms with E-state index in [0.29, 0.717) is 17.2 Å². The summed E-state index contributed by atoms with van der Waals surface area (Å²) in [7, 11) is 1.64. The Morgan fingerprint density at radius 1 is 1.19 bits per heavy atom. The molecule has 0 radical (unpaired) electrons. The Morgan fingerprint density at radius 3 is 2.87 bits per heavy atom. The second-order valence-electron chi connectivity index (χ2n) is 8.76. The molecule has 0 unspecified atom stereocenters. The number of carbonyl (C=O) groups excluding carboxylic acids is 1. The number of carbonyl (C=O) groups is 1. The number of hydrogen-bond donors (Lipinski definition) is 2. The Bertz CT molecular complexity index is 1010. The molecule has 2 aliphatic heterocycles. The molecule has 1 saturated heterocycles. The predicted molar refractivity (Wildman–Crippen MR) is 121 cm³/mol. The van der Waals surface area contributed by atoms with Crippen LogP contribution in [0.25, 0.3) is 0 Å². The van der Waals surface area contributed by atoms with Crippen LogP contribution in [0.2, 0.25) is 5.02 Å². The molecule has 2 heterocycles. The largest absolute Gasteiger partial charge is 0.495 e. The number of piperidine rings is 1. The number of nitrogens with one attached hydrogen (secondary N) is 1. The molecular formula is C24H28ClN3O3. The van der Waals surface area contributed by atoms with Gasteiger partial charge in [-0.3, -0.25) is 9.69 Å². The van der Waals surface area contributed by atoms with Gasteiger partial charge in [-0.25, -0.2) is 0 Å². The van der Waals surface area contributed by atoms with Crippen molar-refractivity contribution in [1.29, 1.82) is 0 Å². The lowest BCUT2D eigenvalue weighted by atomic mass is 10.0. The van der Waals surface area contributed by atoms with Crippen LogP contribution in [0.15, 0.2) is 30.3 Å². The summed E-state index contributed by atoms with van der Waals surface area (Å²) >= 11 is 6.43. The number of fused-ring (bicyclic) bond motifs is 2. The van der Waals surface area contributed by atoms with Crippen LogP contribution in [0.4, 0.5) is 5.69 Å². The molecule has 3 aliphatic rings. The maximum atomic E-state index is 11.7. The van der Waals surface area contributed by atoms with E-state index in [1.807, 2.05) is 24.3 Å². The fraction of sp³-hybridized carbons (Fsp3) is 0.458. The van der Waals surface area contributed by atoms with Gasteiger partial charge in [0.25, 0.3) is 0 Å². The van der Waals surface area contributed by atoms with Gasteiger partial charge < -0.3 is 20.5 Å². The molecule has 164 valence electrons. The maximum absolute atomic E-state index is 11.7. The van der Waals surface area contributed by atoms with Crippen molar-refractivity contribution in [3.8, 4) is 11.5 Å². The van der Waals surface area contributed by atoms with E-state index in [0.717, 1.165) is 61.3 Å². The third kappa shape index (κ3) is 4.00. The Labute approximate surface area is 187 Å². The van der Waals surface area contributed by atoms with Crippen molar-refractivity contribution in [1.82, 2.24) is 4.90 Å². The van der Waals surface area contributed by atoms with Crippen molar-refractivity contribution in [2.45, 2.75) is 50.3 Å². The molecule has 2 aromatic rings. The van der Waals surface area contributed by atoms with Gasteiger partial charge in [0.15, 0.2) is 0 Å². The quantitative estimate of drug-likeness (QED) is 0.756. The minimum atomic E-state index is -0.136. The summed E-state index contributed by atoms with van der Waals surface area (Å²) in [6.07, 6.45) is 4.14. The second kappa shape index (κ2) is 8.34. The monoisotopic (exact) mass is 441 g/mol. The Balaban J connectivity index is 1.48. The van der Waals surface area contributed by atoms with Crippen molar-refractivity contribution < 1.29 is 14.3 Å². The average molecular weight is 442 g/mol. The maximum Gasteiger partial charge on any atom is 0.224 e. The zero-order valence-electron chi connectivity index (χ0n) is 17.7. The second-order valence-corrected chi connectivity index (χ2v) is 9.17. The lowest BCUT2D eigenvalue weighted by Crippen LogP contribution is -2.49. The summed E-state index contributed by atoms with van der Waals surface area (Å²) in [4.78, 5) is 14.1. The summed E-state index contributed by atoms with van der Waals surface area (Å²) in [6.45, 7) is 1.90. The molecule has 0 saturated carbocycles. The van der Waals surface area contributed by atoms with Crippen molar-refractivity contribution >= 4 is 23.2 Å². The Hall–Kier alpha value is -2.28. The minimum absolute atomic E-state index is 0.0661. The lowest BCUT2D eigenvalue weighted by Gasteiger charge is -2.38. The van der Waals surface area contributed by atoms with Gasteiger partial charge in [0, 0.05) is 30.3 Å². The number of methoxy groups -OCH3 is 1. The van der Waals surface area contributed by atoms with Gasteiger partial charge in [0.1, 0.15) is 17.6 Å². The van der Waals surface area contributed by atoms with Crippen LogP contribution >= 0.6 is 11.6 Å². The molecule has 3 atom stereocenters. The molecule has 31 heavy (non-hydrogen) atoms. The van der Waals surface area contributed by atoms with Gasteiger partial charge in [-0.1, -0.05) is 11.6 Å². The number of anilines is 1. The lowest BCUT2D eigenvalue weighted by molar-refractivity contribution is -0.116. The molecule has 0 aromatic heterocycles. The number of nitrogens with zero attached hydrogens (tertiary/aromatic N) is 1. The molecule has 2 aromatic carbocycles. The van der Waals surface area contributed by atoms with Crippen LogP contribution in [0, 0.1) is 0 Å². The van der Waals surface area contributed by atoms with Crippen molar-refractivity contribution in [2.24, 2.45) is 5.73 Å². The van der Waals surface area contributed by atoms with Gasteiger partial charge in [-0.15, -0.1) is 0 Å². The molecule has 5 rings (SSSR count). The van der Waals surface area contributed by atoms with Gasteiger partial charge in [-0.2, -0.15) is 0 Å². The third-order valence-corrected chi connectivity index (χ3v) is 6.99. The zero-order valence-corrected chi connectivity index (χ0v) is 18.5. The smallest absolute Gasteiger partial charge is 0.224 e. The summed E-state index contributed by atoms with van der Waals surface area (Å²) in [6, 6.07) is 10.4. The molecule has 0 bridgehead atoms. The summed E-state index contributed by atoms with van der Waals surface area (Å²) in [5.41, 5.74) is 10.6. The highest BCUT2D eigenvalue weighted by atomic mass is 35.5. The Morgan fingerprint density at radius 2 is 2.06 bits per heavy atom. The van der Waals surface area contributed by atoms with Gasteiger partial charge >= 0.3 is 0 Å². The first kappa shape index (κ1) is 20.6. The number of likely N-dealkylation sites (tertiary alicyclic amines) is 1. The van der Waals surface area contributed by atoms with Crippen LogP contribution < -0.4 is 20.5 Å². The van der Waals surface area contributed by atoms with E-state index < -0.39 is 0 Å². The fourth-order valence-electron chi connectivity index (χ4n) is 5.13. The van der Waals surface area contributed by atoms with E-state index >= 15 is 0 Å². The van der Waals surface area contributed by atoms with E-state index in [9.17, 15) is 4.79 Å². The van der Waals surface area contributed by atoms with Crippen LogP contribution in [-0.2, 0) is 17.6 Å². The number of benzene rings is 2. The number of aryl methyl sites for hydroxylation is 1. The minimum Gasteiger partial charge on any atom is -0.495 e. The number of nitrogens with two attached hydrogens (primary N) is 1. The molecular weight excluding hydrogens is 414 g/mol. The van der Waals surface area contributed by atoms with Crippen LogP contribution in [0.3, 0.4) is 0 Å². The topological polar surface area (TPSA) is 76.8 Å². The molecule has 0 spiro atoms. The highest BCUT2D eigenvalue weighted by Crippen LogP contribution is 2.43. The fourth-order valence-corrected chi connectivity index (χ4v) is 5.40. The Kier molecular flexibility index (Phi) is 5.54. The van der Waals surface area contributed by atoms with E-state index in [1.165, 1.54) is 5.56 Å². The van der Waals surface area contributed by atoms with Crippen molar-refractivity contribution in [2.75, 3.05) is 25.5 Å². The first-order valence-corrected chi connectivity index (χ1v) is 11.3. The summed E-state index contributed by atoms with van der Waals surface area (Å²) in [5.74, 6) is 1.54. The van der Waals surface area contributed by atoms with Crippen LogP contribution in [-0.4, -0.2) is 43.1 Å². The number of amides is 1. The molecule has 3 N–H and O–H groups in total. The van der Waals surface area contributed by atoms with Crippen molar-refractivity contribution in [3.63, 3.8) is 0 Å². The summed E-state index contributed by atoms with van der Waals surface area (Å²) in [5, 5.41) is 3.56.